The van der Waals surface area contributed by atoms with E-state index in [1.165, 1.54) is 29.0 Å². The smallest absolute Gasteiger partial charge is 0.281 e. The van der Waals surface area contributed by atoms with Gasteiger partial charge in [0.25, 0.3) is 17.5 Å². The molecule has 1 atom stereocenters. The number of ether oxygens (including phenoxy) is 1. The van der Waals surface area contributed by atoms with E-state index in [1.54, 1.807) is 0 Å². The lowest BCUT2D eigenvalue weighted by Crippen LogP contribution is -2.43. The highest BCUT2D eigenvalue weighted by Gasteiger charge is 2.32. The molecule has 2 aromatic carbocycles. The van der Waals surface area contributed by atoms with Gasteiger partial charge in [0, 0.05) is 6.54 Å². The molecule has 4 aromatic rings. The number of benzene rings is 2. The van der Waals surface area contributed by atoms with E-state index in [9.17, 15) is 18.0 Å². The molecule has 1 amide bonds. The van der Waals surface area contributed by atoms with Crippen molar-refractivity contribution in [1.29, 1.82) is 0 Å². The second-order valence-corrected chi connectivity index (χ2v) is 11.2. The number of nitrogens with one attached hydrogen (secondary N) is 1. The predicted octanol–water partition coefficient (Wildman–Crippen LogP) is 6.75. The number of likely N-dealkylation sites (tertiary alicyclic amines) is 1. The molecule has 1 aliphatic rings. The zero-order valence-electron chi connectivity index (χ0n) is 20.1. The number of rotatable bonds is 9. The number of hydrogen-bond donors (Lipinski definition) is 1. The minimum atomic E-state index is -2.74. The van der Waals surface area contributed by atoms with Crippen LogP contribution in [0.15, 0.2) is 48.0 Å². The van der Waals surface area contributed by atoms with Gasteiger partial charge in [0.15, 0.2) is 0 Å². The topological polar surface area (TPSA) is 67.4 Å². The van der Waals surface area contributed by atoms with Gasteiger partial charge in [-0.1, -0.05) is 41.1 Å². The Kier molecular flexibility index (Phi) is 8.47. The number of para-hydroxylation sites is 1. The molecule has 3 heterocycles. The SMILES string of the molecule is O=C(NCC(c1scnc1C(F)F)N1CCC(COc2nc3ccccc3s2)CC1)c1c(F)cccc1Cl. The first-order chi connectivity index (χ1) is 18.4. The molecule has 1 N–H and O–H groups in total. The number of nitrogens with zero attached hydrogens (tertiary/aromatic N) is 3. The van der Waals surface area contributed by atoms with Crippen LogP contribution in [-0.4, -0.2) is 47.0 Å². The van der Waals surface area contributed by atoms with Crippen LogP contribution in [0.2, 0.25) is 5.02 Å². The first-order valence-corrected chi connectivity index (χ1v) is 14.1. The number of thiazole rings is 2. The lowest BCUT2D eigenvalue weighted by molar-refractivity contribution is 0.0870. The number of carbonyl (C=O) groups is 1. The molecule has 1 unspecified atom stereocenters. The molecular weight excluding hydrogens is 557 g/mol. The fraction of sp³-hybridized carbons (Fsp3) is 0.346. The summed E-state index contributed by atoms with van der Waals surface area (Å²) in [5, 5.41) is 3.32. The first kappa shape index (κ1) is 26.9. The summed E-state index contributed by atoms with van der Waals surface area (Å²) in [6, 6.07) is 11.3. The van der Waals surface area contributed by atoms with Crippen molar-refractivity contribution in [2.24, 2.45) is 5.92 Å². The van der Waals surface area contributed by atoms with Crippen LogP contribution >= 0.6 is 34.3 Å². The minimum absolute atomic E-state index is 0.0122. The van der Waals surface area contributed by atoms with Crippen LogP contribution in [-0.2, 0) is 0 Å². The van der Waals surface area contributed by atoms with E-state index in [2.05, 4.69) is 20.2 Å². The van der Waals surface area contributed by atoms with Gasteiger partial charge in [0.05, 0.1) is 43.8 Å². The van der Waals surface area contributed by atoms with Crippen molar-refractivity contribution in [3.05, 3.63) is 74.9 Å². The van der Waals surface area contributed by atoms with E-state index >= 15 is 0 Å². The van der Waals surface area contributed by atoms with Gasteiger partial charge in [0.1, 0.15) is 11.5 Å². The molecule has 0 saturated carbocycles. The third-order valence-corrected chi connectivity index (χ3v) is 8.80. The fourth-order valence-electron chi connectivity index (χ4n) is 4.59. The maximum atomic E-state index is 14.2. The molecule has 1 saturated heterocycles. The molecule has 200 valence electrons. The molecule has 38 heavy (non-hydrogen) atoms. The maximum absolute atomic E-state index is 14.2. The van der Waals surface area contributed by atoms with E-state index in [-0.39, 0.29) is 28.7 Å². The van der Waals surface area contributed by atoms with Crippen LogP contribution in [0.3, 0.4) is 0 Å². The van der Waals surface area contributed by atoms with Crippen molar-refractivity contribution >= 4 is 50.4 Å². The predicted molar refractivity (Wildman–Crippen MR) is 143 cm³/mol. The van der Waals surface area contributed by atoms with E-state index in [0.717, 1.165) is 40.5 Å². The number of piperidine rings is 1. The van der Waals surface area contributed by atoms with Crippen molar-refractivity contribution in [3.63, 3.8) is 0 Å². The summed E-state index contributed by atoms with van der Waals surface area (Å²) in [6.07, 6.45) is -1.16. The lowest BCUT2D eigenvalue weighted by Gasteiger charge is -2.37. The van der Waals surface area contributed by atoms with Crippen molar-refractivity contribution in [3.8, 4) is 5.19 Å². The van der Waals surface area contributed by atoms with Crippen LogP contribution in [0.1, 0.15) is 46.2 Å². The highest BCUT2D eigenvalue weighted by molar-refractivity contribution is 7.20. The van der Waals surface area contributed by atoms with Gasteiger partial charge >= 0.3 is 0 Å². The van der Waals surface area contributed by atoms with Crippen molar-refractivity contribution < 1.29 is 22.7 Å². The molecule has 6 nitrogen and oxygen atoms in total. The van der Waals surface area contributed by atoms with E-state index in [0.29, 0.717) is 29.8 Å². The van der Waals surface area contributed by atoms with Crippen LogP contribution in [0.5, 0.6) is 5.19 Å². The Labute approximate surface area is 230 Å². The highest BCUT2D eigenvalue weighted by atomic mass is 35.5. The summed E-state index contributed by atoms with van der Waals surface area (Å²) < 4.78 is 48.7. The second kappa shape index (κ2) is 12.0. The Hall–Kier alpha value is -2.73. The molecule has 1 fully saturated rings. The number of alkyl halides is 2. The fourth-order valence-corrected chi connectivity index (χ4v) is 6.60. The van der Waals surface area contributed by atoms with Gasteiger partial charge in [-0.2, -0.15) is 0 Å². The number of carbonyl (C=O) groups excluding carboxylic acids is 1. The summed E-state index contributed by atoms with van der Waals surface area (Å²) >= 11 is 8.67. The second-order valence-electron chi connectivity index (χ2n) is 8.96. The standard InChI is InChI=1S/C26H24ClF3N4O2S2/c27-16-4-3-5-17(28)21(16)25(35)31-12-19(23-22(24(29)30)32-14-37-23)34-10-8-15(9-11-34)13-36-26-33-18-6-1-2-7-20(18)38-26/h1-7,14-15,19,24H,8-13H2,(H,31,35). The van der Waals surface area contributed by atoms with Crippen molar-refractivity contribution in [1.82, 2.24) is 20.2 Å². The third kappa shape index (κ3) is 5.96. The van der Waals surface area contributed by atoms with E-state index in [4.69, 9.17) is 16.3 Å². The summed E-state index contributed by atoms with van der Waals surface area (Å²) in [7, 11) is 0. The lowest BCUT2D eigenvalue weighted by atomic mass is 9.96. The Balaban J connectivity index is 1.24. The number of halogens is 4. The zero-order chi connectivity index (χ0) is 26.6. The molecule has 2 aromatic heterocycles. The van der Waals surface area contributed by atoms with E-state index in [1.807, 2.05) is 24.3 Å². The third-order valence-electron chi connectivity index (χ3n) is 6.59. The number of hydrogen-bond acceptors (Lipinski definition) is 7. The monoisotopic (exact) mass is 580 g/mol. The van der Waals surface area contributed by atoms with Gasteiger partial charge in [-0.05, 0) is 56.1 Å². The quantitative estimate of drug-likeness (QED) is 0.237. The van der Waals surface area contributed by atoms with Crippen LogP contribution in [0.4, 0.5) is 13.2 Å². The summed E-state index contributed by atoms with van der Waals surface area (Å²) in [4.78, 5) is 23.6. The molecule has 12 heteroatoms. The largest absolute Gasteiger partial charge is 0.470 e. The number of amides is 1. The average Bonchev–Trinajstić information content (AvgIpc) is 3.55. The Morgan fingerprint density at radius 1 is 1.18 bits per heavy atom. The maximum Gasteiger partial charge on any atom is 0.281 e. The van der Waals surface area contributed by atoms with Crippen LogP contribution < -0.4 is 10.1 Å². The Bertz CT molecular complexity index is 1350. The average molecular weight is 581 g/mol. The molecule has 0 bridgehead atoms. The highest BCUT2D eigenvalue weighted by Crippen LogP contribution is 2.35. The molecule has 0 spiro atoms. The van der Waals surface area contributed by atoms with Gasteiger partial charge in [0.2, 0.25) is 0 Å². The molecule has 0 radical (unpaired) electrons. The van der Waals surface area contributed by atoms with E-state index < -0.39 is 24.2 Å². The summed E-state index contributed by atoms with van der Waals surface area (Å²) in [5.41, 5.74) is 1.73. The van der Waals surface area contributed by atoms with Crippen molar-refractivity contribution in [2.75, 3.05) is 26.2 Å². The number of fused-ring (bicyclic) bond motifs is 1. The Morgan fingerprint density at radius 3 is 2.71 bits per heavy atom. The van der Waals surface area contributed by atoms with Gasteiger partial charge in [-0.25, -0.2) is 23.1 Å². The minimum Gasteiger partial charge on any atom is -0.470 e. The molecule has 5 rings (SSSR count). The van der Waals surface area contributed by atoms with Crippen molar-refractivity contribution in [2.45, 2.75) is 25.3 Å². The number of aromatic nitrogens is 2. The zero-order valence-corrected chi connectivity index (χ0v) is 22.5. The normalized spacial score (nSPS) is 15.7. The molecule has 1 aliphatic heterocycles. The van der Waals surface area contributed by atoms with Crippen LogP contribution in [0.25, 0.3) is 10.2 Å². The van der Waals surface area contributed by atoms with Gasteiger partial charge < -0.3 is 10.1 Å². The summed E-state index contributed by atoms with van der Waals surface area (Å²) in [5.74, 6) is -1.16. The van der Waals surface area contributed by atoms with Crippen LogP contribution in [0, 0.1) is 11.7 Å². The molecular formula is C26H24ClF3N4O2S2. The summed E-state index contributed by atoms with van der Waals surface area (Å²) in [6.45, 7) is 1.77. The molecule has 0 aliphatic carbocycles. The first-order valence-electron chi connectivity index (χ1n) is 12.1. The van der Waals surface area contributed by atoms with Gasteiger partial charge in [-0.3, -0.25) is 9.69 Å². The van der Waals surface area contributed by atoms with Gasteiger partial charge in [-0.15, -0.1) is 11.3 Å². The Morgan fingerprint density at radius 2 is 1.97 bits per heavy atom.